The number of nitrogens with zero attached hydrogens (tertiary/aromatic N) is 5. The molecule has 0 aliphatic rings. The maximum absolute atomic E-state index is 5.50. The van der Waals surface area contributed by atoms with Crippen molar-refractivity contribution < 1.29 is 0 Å². The average Bonchev–Trinajstić information content (AvgIpc) is 1.43. The number of thiophene rings is 1. The van der Waals surface area contributed by atoms with Crippen LogP contribution in [0.4, 0.5) is 0 Å². The molecule has 0 spiro atoms. The SMILES string of the molecule is c1ccc(-c2ccc(-c3cccc4c3sc3c(-c5cccc(-c6nc(-c7ccccc7)nc(-c7ccccc7)n6)c5)cccc34)c(-c3ccc4c(c3)c3ccccc3n4-c3cccc(-c4cccc(-c5ccc6c7ccccc7c7ccccc7c6c5)c4)n3)c2)cc1. The van der Waals surface area contributed by atoms with Crippen LogP contribution in [0, 0.1) is 0 Å². The Morgan fingerprint density at radius 3 is 1.34 bits per heavy atom. The third kappa shape index (κ3) is 9.07. The quantitative estimate of drug-likeness (QED) is 0.128. The van der Waals surface area contributed by atoms with Crippen molar-refractivity contribution in [3.05, 3.63) is 322 Å². The molecule has 5 nitrogen and oxygen atoms in total. The van der Waals surface area contributed by atoms with Gasteiger partial charge in [0.15, 0.2) is 17.5 Å². The van der Waals surface area contributed by atoms with Gasteiger partial charge in [0, 0.05) is 58.8 Å². The van der Waals surface area contributed by atoms with Crippen molar-refractivity contribution in [2.24, 2.45) is 0 Å². The number of fused-ring (bicyclic) bond motifs is 12. The van der Waals surface area contributed by atoms with Crippen molar-refractivity contribution in [3.63, 3.8) is 0 Å². The normalized spacial score (nSPS) is 11.7. The zero-order chi connectivity index (χ0) is 60.6. The Balaban J connectivity index is 0.735. The van der Waals surface area contributed by atoms with Crippen molar-refractivity contribution >= 4 is 85.6 Å². The first-order valence-electron chi connectivity index (χ1n) is 31.2. The molecular weight excluding hydrogens is 1140 g/mol. The largest absolute Gasteiger partial charge is 0.294 e. The number of aromatic nitrogens is 5. The van der Waals surface area contributed by atoms with Gasteiger partial charge in [0.25, 0.3) is 0 Å². The van der Waals surface area contributed by atoms with Gasteiger partial charge in [-0.3, -0.25) is 4.57 Å². The molecule has 18 aromatic rings. The van der Waals surface area contributed by atoms with Crippen LogP contribution in [0.3, 0.4) is 0 Å². The van der Waals surface area contributed by atoms with E-state index >= 15 is 0 Å². The van der Waals surface area contributed by atoms with Gasteiger partial charge in [0.05, 0.1) is 16.7 Å². The minimum Gasteiger partial charge on any atom is -0.294 e. The number of benzene rings is 14. The molecule has 0 saturated heterocycles. The highest BCUT2D eigenvalue weighted by atomic mass is 32.1. The molecule has 0 amide bonds. The molecule has 4 heterocycles. The van der Waals surface area contributed by atoms with E-state index in [1.165, 1.54) is 80.1 Å². The number of hydrogen-bond donors (Lipinski definition) is 0. The lowest BCUT2D eigenvalue weighted by atomic mass is 9.90. The maximum Gasteiger partial charge on any atom is 0.164 e. The van der Waals surface area contributed by atoms with Crippen LogP contribution in [0.1, 0.15) is 0 Å². The second-order valence-corrected chi connectivity index (χ2v) is 24.6. The van der Waals surface area contributed by atoms with E-state index in [-0.39, 0.29) is 0 Å². The molecule has 14 aromatic carbocycles. The molecular formula is C86H53N5S. The van der Waals surface area contributed by atoms with Gasteiger partial charge in [-0.25, -0.2) is 19.9 Å². The van der Waals surface area contributed by atoms with Crippen molar-refractivity contribution in [2.45, 2.75) is 0 Å². The average molecular weight is 1190 g/mol. The van der Waals surface area contributed by atoms with Crippen molar-refractivity contribution in [1.29, 1.82) is 0 Å². The summed E-state index contributed by atoms with van der Waals surface area (Å²) < 4.78 is 4.81. The van der Waals surface area contributed by atoms with E-state index in [1.54, 1.807) is 0 Å². The smallest absolute Gasteiger partial charge is 0.164 e. The van der Waals surface area contributed by atoms with E-state index in [0.29, 0.717) is 17.5 Å². The fourth-order valence-electron chi connectivity index (χ4n) is 13.9. The van der Waals surface area contributed by atoms with Crippen LogP contribution in [0.5, 0.6) is 0 Å². The van der Waals surface area contributed by atoms with Gasteiger partial charge in [0.2, 0.25) is 0 Å². The van der Waals surface area contributed by atoms with E-state index < -0.39 is 0 Å². The predicted octanol–water partition coefficient (Wildman–Crippen LogP) is 23.2. The van der Waals surface area contributed by atoms with E-state index in [9.17, 15) is 0 Å². The Hall–Kier alpha value is -12.0. The molecule has 428 valence electrons. The summed E-state index contributed by atoms with van der Waals surface area (Å²) in [5.41, 5.74) is 18.6. The third-order valence-corrected chi connectivity index (χ3v) is 19.5. The van der Waals surface area contributed by atoms with E-state index in [0.717, 1.165) is 83.6 Å². The highest BCUT2D eigenvalue weighted by molar-refractivity contribution is 7.26. The first-order chi connectivity index (χ1) is 45.6. The van der Waals surface area contributed by atoms with E-state index in [1.807, 2.05) is 72.0 Å². The summed E-state index contributed by atoms with van der Waals surface area (Å²) in [7, 11) is 0. The van der Waals surface area contributed by atoms with Gasteiger partial charge >= 0.3 is 0 Å². The monoisotopic (exact) mass is 1190 g/mol. The van der Waals surface area contributed by atoms with Gasteiger partial charge < -0.3 is 0 Å². The minimum atomic E-state index is 0.629. The first kappa shape index (κ1) is 53.1. The summed E-state index contributed by atoms with van der Waals surface area (Å²) in [6, 6.07) is 116. The topological polar surface area (TPSA) is 56.5 Å². The molecule has 0 N–H and O–H groups in total. The van der Waals surface area contributed by atoms with Crippen LogP contribution < -0.4 is 0 Å². The van der Waals surface area contributed by atoms with Crippen molar-refractivity contribution in [1.82, 2.24) is 24.5 Å². The van der Waals surface area contributed by atoms with Crippen LogP contribution in [0.15, 0.2) is 322 Å². The second-order valence-electron chi connectivity index (χ2n) is 23.6. The molecule has 0 bridgehead atoms. The zero-order valence-corrected chi connectivity index (χ0v) is 50.6. The van der Waals surface area contributed by atoms with E-state index in [4.69, 9.17) is 19.9 Å². The highest BCUT2D eigenvalue weighted by Gasteiger charge is 2.22. The fourth-order valence-corrected chi connectivity index (χ4v) is 15.3. The molecule has 0 aliphatic heterocycles. The van der Waals surface area contributed by atoms with Crippen molar-refractivity contribution in [2.75, 3.05) is 0 Å². The lowest BCUT2D eigenvalue weighted by Crippen LogP contribution is -2.00. The minimum absolute atomic E-state index is 0.629. The Morgan fingerprint density at radius 2 is 0.641 bits per heavy atom. The maximum atomic E-state index is 5.50. The van der Waals surface area contributed by atoms with Crippen LogP contribution in [-0.2, 0) is 0 Å². The number of pyridine rings is 1. The fraction of sp³-hybridized carbons (Fsp3) is 0. The summed E-state index contributed by atoms with van der Waals surface area (Å²) in [6.07, 6.45) is 0. The lowest BCUT2D eigenvalue weighted by molar-refractivity contribution is 1.07. The van der Waals surface area contributed by atoms with Crippen molar-refractivity contribution in [3.8, 4) is 107 Å². The van der Waals surface area contributed by atoms with Crippen LogP contribution in [0.25, 0.3) is 181 Å². The molecule has 0 aliphatic carbocycles. The van der Waals surface area contributed by atoms with Gasteiger partial charge in [-0.2, -0.15) is 0 Å². The number of para-hydroxylation sites is 1. The summed E-state index contributed by atoms with van der Waals surface area (Å²) in [4.78, 5) is 20.7. The Kier molecular flexibility index (Phi) is 12.7. The number of rotatable bonds is 10. The molecule has 0 unspecified atom stereocenters. The van der Waals surface area contributed by atoms with E-state index in [2.05, 4.69) is 265 Å². The van der Waals surface area contributed by atoms with Crippen LogP contribution in [-0.4, -0.2) is 24.5 Å². The molecule has 4 aromatic heterocycles. The van der Waals surface area contributed by atoms with Gasteiger partial charge in [0.1, 0.15) is 5.82 Å². The zero-order valence-electron chi connectivity index (χ0n) is 49.7. The molecule has 0 atom stereocenters. The van der Waals surface area contributed by atoms with Gasteiger partial charge in [-0.1, -0.05) is 267 Å². The standard InChI is InChI=1S/C86H53N5S/c1-4-21-54(22-5-1)58-43-47-70(72-37-19-39-74-73-38-18-36-64(82(73)92-83(72)74)60-28-17-30-63(50-60)86-89-84(55-23-6-2-7-24-55)88-85(90-86)56-25-8-3-9-26-56)75(51-58)61-45-48-80-77(53-61)71-35-14-15-41-79(71)91(80)81-42-20-40-78(87-81)62-29-16-27-57(49-62)59-44-46-69-67-33-11-10-31-65(67)66-32-12-13-34-68(66)76(69)52-59/h1-53H. The van der Waals surface area contributed by atoms with Crippen LogP contribution >= 0.6 is 11.3 Å². The summed E-state index contributed by atoms with van der Waals surface area (Å²) >= 11 is 1.86. The van der Waals surface area contributed by atoms with Gasteiger partial charge in [-0.05, 0) is 137 Å². The Bertz CT molecular complexity index is 5860. The lowest BCUT2D eigenvalue weighted by Gasteiger charge is -2.15. The summed E-state index contributed by atoms with van der Waals surface area (Å²) in [6.45, 7) is 0. The summed E-state index contributed by atoms with van der Waals surface area (Å²) in [5.74, 6) is 2.77. The Labute approximate surface area is 535 Å². The summed E-state index contributed by atoms with van der Waals surface area (Å²) in [5, 5.41) is 12.4. The molecule has 0 saturated carbocycles. The van der Waals surface area contributed by atoms with Gasteiger partial charge in [-0.15, -0.1) is 11.3 Å². The highest BCUT2D eigenvalue weighted by Crippen LogP contribution is 2.48. The second kappa shape index (κ2) is 22.0. The first-order valence-corrected chi connectivity index (χ1v) is 32.0. The molecule has 6 heteroatoms. The Morgan fingerprint density at radius 1 is 0.207 bits per heavy atom. The number of hydrogen-bond acceptors (Lipinski definition) is 5. The molecule has 18 rings (SSSR count). The molecule has 0 radical (unpaired) electrons. The third-order valence-electron chi connectivity index (χ3n) is 18.3. The molecule has 0 fully saturated rings. The van der Waals surface area contributed by atoms with Crippen LogP contribution in [0.2, 0.25) is 0 Å². The predicted molar refractivity (Wildman–Crippen MR) is 386 cm³/mol. The molecule has 92 heavy (non-hydrogen) atoms.